The zero-order valence-electron chi connectivity index (χ0n) is 17.1. The van der Waals surface area contributed by atoms with Crippen molar-refractivity contribution < 1.29 is 15.6 Å². The second-order valence-electron chi connectivity index (χ2n) is 6.73. The van der Waals surface area contributed by atoms with E-state index in [1.165, 1.54) is 6.42 Å². The Balaban J connectivity index is 0.00000676. The molecule has 0 radical (unpaired) electrons. The molecule has 0 amide bonds. The van der Waals surface area contributed by atoms with E-state index in [2.05, 4.69) is 43.3 Å². The Hall–Kier alpha value is -1.02. The molecule has 0 aliphatic heterocycles. The van der Waals surface area contributed by atoms with Gasteiger partial charge < -0.3 is 19.5 Å². The van der Waals surface area contributed by atoms with Gasteiger partial charge in [-0.15, -0.1) is 5.10 Å². The van der Waals surface area contributed by atoms with Gasteiger partial charge in [0.1, 0.15) is 0 Å². The van der Waals surface area contributed by atoms with Gasteiger partial charge >= 0.3 is 0 Å². The summed E-state index contributed by atoms with van der Waals surface area (Å²) in [6.07, 6.45) is 5.16. The summed E-state index contributed by atoms with van der Waals surface area (Å²) in [7, 11) is 0. The maximum atomic E-state index is 5.71. The molecular weight excluding hydrogens is 332 g/mol. The quantitative estimate of drug-likeness (QED) is 0.424. The summed E-state index contributed by atoms with van der Waals surface area (Å²) in [5.74, 6) is 0.724. The molecule has 0 saturated heterocycles. The predicted molar refractivity (Wildman–Crippen MR) is 106 cm³/mol. The van der Waals surface area contributed by atoms with E-state index in [0.29, 0.717) is 39.1 Å². The van der Waals surface area contributed by atoms with Crippen LogP contribution in [0, 0.1) is 5.92 Å². The lowest BCUT2D eigenvalue weighted by molar-refractivity contribution is 0.0439. The van der Waals surface area contributed by atoms with Gasteiger partial charge in [0.25, 0.3) is 0 Å². The van der Waals surface area contributed by atoms with Crippen molar-refractivity contribution in [2.24, 2.45) is 5.92 Å². The van der Waals surface area contributed by atoms with E-state index < -0.39 is 0 Å². The molecule has 0 aromatic carbocycles. The van der Waals surface area contributed by atoms with Crippen LogP contribution in [-0.4, -0.2) is 67.2 Å². The lowest BCUT2D eigenvalue weighted by atomic mass is 10.1. The molecule has 7 heteroatoms. The largest absolute Gasteiger partial charge is 0.378 e. The number of aromatic nitrogens is 3. The second-order valence-corrected chi connectivity index (χ2v) is 6.73. The SMILES string of the molecule is CCC(C)CNCCOCCOCCn1nncc1CCOC(C)CC.[HH]. The zero-order valence-corrected chi connectivity index (χ0v) is 17.1. The summed E-state index contributed by atoms with van der Waals surface area (Å²) >= 11 is 0. The highest BCUT2D eigenvalue weighted by atomic mass is 16.5. The van der Waals surface area contributed by atoms with Gasteiger partial charge in [-0.3, -0.25) is 0 Å². The first-order valence-corrected chi connectivity index (χ1v) is 10.0. The van der Waals surface area contributed by atoms with E-state index in [1.54, 1.807) is 6.20 Å². The third-order valence-corrected chi connectivity index (χ3v) is 4.47. The minimum atomic E-state index is 0. The van der Waals surface area contributed by atoms with Gasteiger partial charge in [0.05, 0.1) is 57.6 Å². The smallest absolute Gasteiger partial charge is 0.0726 e. The molecule has 2 atom stereocenters. The van der Waals surface area contributed by atoms with Gasteiger partial charge in [-0.2, -0.15) is 0 Å². The maximum absolute atomic E-state index is 5.71. The van der Waals surface area contributed by atoms with Crippen LogP contribution in [0.4, 0.5) is 0 Å². The van der Waals surface area contributed by atoms with E-state index in [1.807, 2.05) is 4.68 Å². The molecule has 0 fully saturated rings. The highest BCUT2D eigenvalue weighted by Crippen LogP contribution is 2.02. The van der Waals surface area contributed by atoms with Crippen molar-refractivity contribution in [1.29, 1.82) is 0 Å². The summed E-state index contributed by atoms with van der Waals surface area (Å²) in [5, 5.41) is 11.5. The molecule has 0 aliphatic rings. The van der Waals surface area contributed by atoms with E-state index >= 15 is 0 Å². The number of hydrogen-bond donors (Lipinski definition) is 1. The first kappa shape index (κ1) is 23.0. The topological polar surface area (TPSA) is 70.4 Å². The Kier molecular flexibility index (Phi) is 13.4. The monoisotopic (exact) mass is 372 g/mol. The summed E-state index contributed by atoms with van der Waals surface area (Å²) in [5.41, 5.74) is 1.08. The number of nitrogens with one attached hydrogen (secondary N) is 1. The Morgan fingerprint density at radius 3 is 2.58 bits per heavy atom. The molecule has 154 valence electrons. The standard InChI is InChI=1S/C19H38N4O3.H2/c1-5-17(3)15-20-8-11-24-13-14-25-12-9-23-19(16-21-22-23)7-10-26-18(4)6-2;/h16-18,20H,5-15H2,1-4H3;1H. The van der Waals surface area contributed by atoms with Crippen molar-refractivity contribution >= 4 is 0 Å². The highest BCUT2D eigenvalue weighted by Gasteiger charge is 2.05. The van der Waals surface area contributed by atoms with Crippen LogP contribution in [0.2, 0.25) is 0 Å². The van der Waals surface area contributed by atoms with Gasteiger partial charge in [-0.05, 0) is 25.8 Å². The molecule has 0 spiro atoms. The predicted octanol–water partition coefficient (Wildman–Crippen LogP) is 2.55. The number of rotatable bonds is 17. The van der Waals surface area contributed by atoms with E-state index in [4.69, 9.17) is 14.2 Å². The Morgan fingerprint density at radius 1 is 1.08 bits per heavy atom. The molecule has 0 aliphatic carbocycles. The van der Waals surface area contributed by atoms with Crippen LogP contribution in [-0.2, 0) is 27.2 Å². The van der Waals surface area contributed by atoms with Gasteiger partial charge in [-0.1, -0.05) is 32.4 Å². The molecule has 1 heterocycles. The van der Waals surface area contributed by atoms with Crippen LogP contribution in [0.3, 0.4) is 0 Å². The minimum Gasteiger partial charge on any atom is -0.378 e. The third-order valence-electron chi connectivity index (χ3n) is 4.47. The fourth-order valence-electron chi connectivity index (χ4n) is 2.25. The molecule has 1 N–H and O–H groups in total. The van der Waals surface area contributed by atoms with Crippen LogP contribution in [0.1, 0.15) is 47.7 Å². The minimum absolute atomic E-state index is 0. The first-order valence-electron chi connectivity index (χ1n) is 10.0. The van der Waals surface area contributed by atoms with E-state index in [-0.39, 0.29) is 1.43 Å². The summed E-state index contributed by atoms with van der Waals surface area (Å²) < 4.78 is 18.8. The molecule has 1 rings (SSSR count). The Bertz CT molecular complexity index is 448. The summed E-state index contributed by atoms with van der Waals surface area (Å²) in [6, 6.07) is 0. The van der Waals surface area contributed by atoms with Gasteiger partial charge in [0.15, 0.2) is 0 Å². The molecule has 7 nitrogen and oxygen atoms in total. The van der Waals surface area contributed by atoms with Crippen LogP contribution in [0.5, 0.6) is 0 Å². The van der Waals surface area contributed by atoms with Gasteiger partial charge in [-0.25, -0.2) is 4.68 Å². The normalized spacial score (nSPS) is 13.8. The maximum Gasteiger partial charge on any atom is 0.0726 e. The van der Waals surface area contributed by atoms with Crippen LogP contribution < -0.4 is 5.32 Å². The molecule has 0 saturated carbocycles. The highest BCUT2D eigenvalue weighted by molar-refractivity contribution is 4.94. The Morgan fingerprint density at radius 2 is 1.85 bits per heavy atom. The van der Waals surface area contributed by atoms with E-state index in [9.17, 15) is 0 Å². The Labute approximate surface area is 160 Å². The number of ether oxygens (including phenoxy) is 3. The molecule has 26 heavy (non-hydrogen) atoms. The van der Waals surface area contributed by atoms with Crippen LogP contribution >= 0.6 is 0 Å². The lowest BCUT2D eigenvalue weighted by Gasteiger charge is -2.11. The molecule has 1 aromatic heterocycles. The molecule has 1 aromatic rings. The summed E-state index contributed by atoms with van der Waals surface area (Å²) in [6.45, 7) is 14.6. The van der Waals surface area contributed by atoms with Gasteiger partial charge in [0.2, 0.25) is 0 Å². The van der Waals surface area contributed by atoms with Crippen LogP contribution in [0.15, 0.2) is 6.20 Å². The molecule has 2 unspecified atom stereocenters. The van der Waals surface area contributed by atoms with E-state index in [0.717, 1.165) is 44.1 Å². The second kappa shape index (κ2) is 15.1. The molecular formula is C19H40N4O3. The van der Waals surface area contributed by atoms with Crippen molar-refractivity contribution in [3.63, 3.8) is 0 Å². The number of nitrogens with zero attached hydrogens (tertiary/aromatic N) is 3. The van der Waals surface area contributed by atoms with Crippen LogP contribution in [0.25, 0.3) is 0 Å². The lowest BCUT2D eigenvalue weighted by Crippen LogP contribution is -2.25. The average Bonchev–Trinajstić information content (AvgIpc) is 3.10. The number of hydrogen-bond acceptors (Lipinski definition) is 6. The van der Waals surface area contributed by atoms with Crippen molar-refractivity contribution in [2.45, 2.75) is 59.6 Å². The zero-order chi connectivity index (χ0) is 19.0. The van der Waals surface area contributed by atoms with Gasteiger partial charge in [0, 0.05) is 14.4 Å². The fourth-order valence-corrected chi connectivity index (χ4v) is 2.25. The van der Waals surface area contributed by atoms with Crippen molar-refractivity contribution in [2.75, 3.05) is 46.1 Å². The fraction of sp³-hybridized carbons (Fsp3) is 0.895. The third kappa shape index (κ3) is 10.9. The molecule has 0 bridgehead atoms. The average molecular weight is 373 g/mol. The first-order chi connectivity index (χ1) is 12.7. The summed E-state index contributed by atoms with van der Waals surface area (Å²) in [4.78, 5) is 0. The van der Waals surface area contributed by atoms with Crippen molar-refractivity contribution in [3.05, 3.63) is 11.9 Å². The van der Waals surface area contributed by atoms with Crippen molar-refractivity contribution in [1.82, 2.24) is 20.3 Å². The van der Waals surface area contributed by atoms with Crippen molar-refractivity contribution in [3.8, 4) is 0 Å².